The predicted octanol–water partition coefficient (Wildman–Crippen LogP) is 4.46. The van der Waals surface area contributed by atoms with Crippen molar-refractivity contribution in [2.75, 3.05) is 19.4 Å². The number of alkyl halides is 7. The molecule has 30 heavy (non-hydrogen) atoms. The summed E-state index contributed by atoms with van der Waals surface area (Å²) in [6.45, 7) is 0. The van der Waals surface area contributed by atoms with E-state index in [1.807, 2.05) is 0 Å². The third-order valence-electron chi connectivity index (χ3n) is 3.81. The highest BCUT2D eigenvalue weighted by molar-refractivity contribution is 8.15. The van der Waals surface area contributed by atoms with Crippen molar-refractivity contribution in [1.82, 2.24) is 4.90 Å². The first-order valence-corrected chi connectivity index (χ1v) is 9.71. The fourth-order valence-electron chi connectivity index (χ4n) is 2.26. The Morgan fingerprint density at radius 2 is 1.73 bits per heavy atom. The first kappa shape index (κ1) is 24.3. The maximum absolute atomic E-state index is 13.4. The lowest BCUT2D eigenvalue weighted by Gasteiger charge is -2.27. The van der Waals surface area contributed by atoms with E-state index in [0.29, 0.717) is 5.17 Å². The van der Waals surface area contributed by atoms with Crippen LogP contribution < -0.4 is 5.32 Å². The van der Waals surface area contributed by atoms with Gasteiger partial charge in [0.25, 0.3) is 0 Å². The zero-order valence-corrected chi connectivity index (χ0v) is 16.9. The van der Waals surface area contributed by atoms with E-state index in [4.69, 9.17) is 0 Å². The Labute approximate surface area is 174 Å². The molecule has 1 atom stereocenters. The van der Waals surface area contributed by atoms with E-state index in [0.717, 1.165) is 36.0 Å². The van der Waals surface area contributed by atoms with Crippen LogP contribution in [0.5, 0.6) is 0 Å². The number of nitrogens with zero attached hydrogens (tertiary/aromatic N) is 2. The lowest BCUT2D eigenvalue weighted by molar-refractivity contribution is -0.330. The lowest BCUT2D eigenvalue weighted by atomic mass is 10.2. The van der Waals surface area contributed by atoms with Gasteiger partial charge in [0, 0.05) is 31.1 Å². The Balaban J connectivity index is 2.00. The van der Waals surface area contributed by atoms with E-state index < -0.39 is 45.2 Å². The number of hydrogen-bond acceptors (Lipinski definition) is 5. The number of anilines is 1. The summed E-state index contributed by atoms with van der Waals surface area (Å²) in [5.74, 6) is -7.13. The van der Waals surface area contributed by atoms with Crippen LogP contribution in [0.1, 0.15) is 6.42 Å². The highest BCUT2D eigenvalue weighted by atomic mass is 32.2. The first-order valence-electron chi connectivity index (χ1n) is 8.02. The van der Waals surface area contributed by atoms with Crippen LogP contribution in [0.15, 0.2) is 34.2 Å². The second-order valence-electron chi connectivity index (χ2n) is 5.98. The van der Waals surface area contributed by atoms with E-state index in [1.54, 1.807) is 0 Å². The van der Waals surface area contributed by atoms with E-state index >= 15 is 0 Å². The normalized spacial score (nSPS) is 19.5. The minimum atomic E-state index is -6.41. The summed E-state index contributed by atoms with van der Waals surface area (Å²) >= 11 is 0.149. The molecule has 1 heterocycles. The monoisotopic (exact) mass is 477 g/mol. The highest BCUT2D eigenvalue weighted by Crippen LogP contribution is 2.53. The quantitative estimate of drug-likeness (QED) is 0.486. The largest absolute Gasteiger partial charge is 0.460 e. The van der Waals surface area contributed by atoms with Crippen LogP contribution in [0, 0.1) is 0 Å². The van der Waals surface area contributed by atoms with Crippen LogP contribution in [0.25, 0.3) is 0 Å². The molecule has 1 aromatic carbocycles. The molecule has 2 amide bonds. The third kappa shape index (κ3) is 5.02. The summed E-state index contributed by atoms with van der Waals surface area (Å²) in [5.41, 5.74) is 0.0865. The molecule has 1 N–H and O–H groups in total. The van der Waals surface area contributed by atoms with Gasteiger partial charge in [-0.3, -0.25) is 19.5 Å². The summed E-state index contributed by atoms with van der Waals surface area (Å²) in [6, 6.07) is 3.87. The second-order valence-corrected chi connectivity index (χ2v) is 8.34. The van der Waals surface area contributed by atoms with Crippen molar-refractivity contribution in [2.24, 2.45) is 4.99 Å². The van der Waals surface area contributed by atoms with Crippen molar-refractivity contribution in [2.45, 2.75) is 33.9 Å². The number of carbonyl (C=O) groups is 2. The number of amidine groups is 1. The molecule has 5 nitrogen and oxygen atoms in total. The van der Waals surface area contributed by atoms with Crippen LogP contribution >= 0.6 is 23.5 Å². The minimum Gasteiger partial charge on any atom is -0.326 e. The van der Waals surface area contributed by atoms with Gasteiger partial charge in [-0.15, -0.1) is 0 Å². The Morgan fingerprint density at radius 3 is 2.20 bits per heavy atom. The van der Waals surface area contributed by atoms with Gasteiger partial charge < -0.3 is 5.32 Å². The number of nitrogens with one attached hydrogen (secondary N) is 1. The fourth-order valence-corrected chi connectivity index (χ4v) is 4.18. The summed E-state index contributed by atoms with van der Waals surface area (Å²) in [6.07, 6.45) is -6.62. The number of amides is 2. The summed E-state index contributed by atoms with van der Waals surface area (Å²) in [5, 5.41) is -3.30. The Kier molecular flexibility index (Phi) is 7.01. The van der Waals surface area contributed by atoms with Crippen molar-refractivity contribution in [3.63, 3.8) is 0 Å². The van der Waals surface area contributed by atoms with Gasteiger partial charge in [-0.2, -0.15) is 30.7 Å². The average Bonchev–Trinajstić information content (AvgIpc) is 2.89. The zero-order valence-electron chi connectivity index (χ0n) is 15.3. The molecule has 2 rings (SSSR count). The number of halogens is 7. The molecular weight excluding hydrogens is 463 g/mol. The summed E-state index contributed by atoms with van der Waals surface area (Å²) < 4.78 is 89.3. The van der Waals surface area contributed by atoms with E-state index in [9.17, 15) is 40.3 Å². The Hall–Kier alpha value is -1.96. The lowest BCUT2D eigenvalue weighted by Crippen LogP contribution is -2.49. The molecule has 0 unspecified atom stereocenters. The van der Waals surface area contributed by atoms with E-state index in [2.05, 4.69) is 10.3 Å². The van der Waals surface area contributed by atoms with Gasteiger partial charge in [-0.1, -0.05) is 11.8 Å². The van der Waals surface area contributed by atoms with E-state index in [1.165, 1.54) is 19.0 Å². The first-order chi connectivity index (χ1) is 13.7. The van der Waals surface area contributed by atoms with Gasteiger partial charge in [-0.05, 0) is 36.0 Å². The van der Waals surface area contributed by atoms with Gasteiger partial charge in [0.15, 0.2) is 5.17 Å². The molecule has 166 valence electrons. The summed E-state index contributed by atoms with van der Waals surface area (Å²) in [4.78, 5) is 28.7. The van der Waals surface area contributed by atoms with Gasteiger partial charge in [-0.25, -0.2) is 0 Å². The van der Waals surface area contributed by atoms with Crippen LogP contribution in [-0.2, 0) is 9.59 Å². The molecule has 1 fully saturated rings. The molecule has 14 heteroatoms. The topological polar surface area (TPSA) is 61.8 Å². The maximum Gasteiger partial charge on any atom is 0.460 e. The second kappa shape index (κ2) is 8.65. The molecule has 1 saturated heterocycles. The number of rotatable bonds is 6. The van der Waals surface area contributed by atoms with Crippen molar-refractivity contribution in [1.29, 1.82) is 0 Å². The van der Waals surface area contributed by atoms with Gasteiger partial charge in [0.05, 0.1) is 0 Å². The zero-order chi connectivity index (χ0) is 22.9. The van der Waals surface area contributed by atoms with Gasteiger partial charge in [0.1, 0.15) is 5.25 Å². The molecule has 1 aliphatic rings. The van der Waals surface area contributed by atoms with Crippen LogP contribution in [-0.4, -0.2) is 58.6 Å². The molecule has 0 spiro atoms. The predicted molar refractivity (Wildman–Crippen MR) is 99.0 cm³/mol. The average molecular weight is 477 g/mol. The van der Waals surface area contributed by atoms with Crippen molar-refractivity contribution in [3.8, 4) is 0 Å². The molecule has 0 aromatic heterocycles. The third-order valence-corrected chi connectivity index (χ3v) is 6.15. The standard InChI is InChI=1S/C16H14F7N3O2S2/c1-24-13-26(2)12(28)10(29-13)7-11(27)25-8-3-5-9(6-4-8)30-16(22,23)14(17,18)15(19,20)21/h3-6,10H,7H2,1-2H3,(H,25,27)/t10-/m0/s1. The molecule has 1 aliphatic heterocycles. The number of hydrogen-bond donors (Lipinski definition) is 1. The smallest absolute Gasteiger partial charge is 0.326 e. The number of thioether (sulfide) groups is 2. The van der Waals surface area contributed by atoms with Crippen molar-refractivity contribution >= 4 is 46.2 Å². The van der Waals surface area contributed by atoms with E-state index in [-0.39, 0.29) is 18.0 Å². The van der Waals surface area contributed by atoms with Crippen molar-refractivity contribution < 1.29 is 40.3 Å². The molecule has 0 bridgehead atoms. The Bertz CT molecular complexity index is 844. The van der Waals surface area contributed by atoms with Crippen LogP contribution in [0.4, 0.5) is 36.4 Å². The Morgan fingerprint density at radius 1 is 1.17 bits per heavy atom. The number of aliphatic imine (C=N–C) groups is 1. The molecule has 0 radical (unpaired) electrons. The van der Waals surface area contributed by atoms with Gasteiger partial charge >= 0.3 is 17.4 Å². The van der Waals surface area contributed by atoms with Crippen molar-refractivity contribution in [3.05, 3.63) is 24.3 Å². The van der Waals surface area contributed by atoms with Gasteiger partial charge in [0.2, 0.25) is 11.8 Å². The molecular formula is C16H14F7N3O2S2. The molecule has 0 saturated carbocycles. The minimum absolute atomic E-state index is 0.0865. The van der Waals surface area contributed by atoms with Crippen LogP contribution in [0.2, 0.25) is 0 Å². The number of carbonyl (C=O) groups excluding carboxylic acids is 2. The molecule has 1 aromatic rings. The maximum atomic E-state index is 13.4. The highest BCUT2D eigenvalue weighted by Gasteiger charge is 2.73. The molecule has 0 aliphatic carbocycles. The van der Waals surface area contributed by atoms with Crippen LogP contribution in [0.3, 0.4) is 0 Å². The number of benzene rings is 1. The summed E-state index contributed by atoms with van der Waals surface area (Å²) in [7, 11) is 2.99. The fraction of sp³-hybridized carbons (Fsp3) is 0.438. The SMILES string of the molecule is CN=C1S[C@@H](CC(=O)Nc2ccc(SC(F)(F)C(F)(F)C(F)(F)F)cc2)C(=O)N1C.